The molecule has 3 unspecified atom stereocenters. The van der Waals surface area contributed by atoms with Crippen LogP contribution in [0.1, 0.15) is 24.8 Å². The van der Waals surface area contributed by atoms with Gasteiger partial charge in [-0.25, -0.2) is 8.78 Å². The van der Waals surface area contributed by atoms with E-state index < -0.39 is 12.0 Å². The van der Waals surface area contributed by atoms with Crippen LogP contribution >= 0.6 is 0 Å². The SMILES string of the molecule is O=c1cc(-c2ccc3c(c2)COc2nc(OC4CC5CC(F)(F)C(C4)N5)ccc2-3)cc[nH]1. The minimum atomic E-state index is -2.68. The van der Waals surface area contributed by atoms with Crippen LogP contribution in [0.15, 0.2) is 53.5 Å². The van der Waals surface area contributed by atoms with Crippen molar-refractivity contribution in [1.29, 1.82) is 0 Å². The summed E-state index contributed by atoms with van der Waals surface area (Å²) < 4.78 is 39.8. The standard InChI is InChI=1S/C24H21F2N3O3/c25-24(26)11-16-9-17(10-20(24)28-16)32-22-4-3-19-18-2-1-13(14-5-6-27-21(30)8-14)7-15(18)12-31-23(19)29-22/h1-8,16-17,20,28H,9-12H2,(H,27,30). The molecular formula is C24H21F2N3O3. The Balaban J connectivity index is 1.24. The van der Waals surface area contributed by atoms with Crippen LogP contribution in [0.3, 0.4) is 0 Å². The van der Waals surface area contributed by atoms with Crippen molar-refractivity contribution < 1.29 is 18.3 Å². The Kier molecular flexibility index (Phi) is 4.33. The molecule has 2 bridgehead atoms. The number of hydrogen-bond donors (Lipinski definition) is 2. The molecule has 3 aliphatic heterocycles. The van der Waals surface area contributed by atoms with E-state index in [-0.39, 0.29) is 30.5 Å². The molecule has 3 aromatic rings. The first-order valence-corrected chi connectivity index (χ1v) is 10.7. The van der Waals surface area contributed by atoms with Crippen LogP contribution in [0.25, 0.3) is 22.3 Å². The number of fused-ring (bicyclic) bond motifs is 5. The van der Waals surface area contributed by atoms with Gasteiger partial charge in [0, 0.05) is 42.8 Å². The number of hydrogen-bond acceptors (Lipinski definition) is 5. The molecule has 0 spiro atoms. The molecule has 0 radical (unpaired) electrons. The Morgan fingerprint density at radius 2 is 1.91 bits per heavy atom. The number of alkyl halides is 2. The van der Waals surface area contributed by atoms with E-state index in [4.69, 9.17) is 9.47 Å². The third-order valence-corrected chi connectivity index (χ3v) is 6.50. The van der Waals surface area contributed by atoms with Gasteiger partial charge < -0.3 is 19.8 Å². The van der Waals surface area contributed by atoms with Crippen molar-refractivity contribution in [2.45, 2.75) is 50.0 Å². The Bertz CT molecular complexity index is 1260. The fraction of sp³-hybridized carbons (Fsp3) is 0.333. The zero-order valence-electron chi connectivity index (χ0n) is 17.1. The highest BCUT2D eigenvalue weighted by atomic mass is 19.3. The van der Waals surface area contributed by atoms with Crippen LogP contribution < -0.4 is 20.3 Å². The monoisotopic (exact) mass is 437 g/mol. The van der Waals surface area contributed by atoms with Gasteiger partial charge in [0.15, 0.2) is 0 Å². The van der Waals surface area contributed by atoms with Crippen molar-refractivity contribution in [3.8, 4) is 34.0 Å². The summed E-state index contributed by atoms with van der Waals surface area (Å²) in [7, 11) is 0. The summed E-state index contributed by atoms with van der Waals surface area (Å²) in [5.74, 6) is -1.81. The Morgan fingerprint density at radius 3 is 2.75 bits per heavy atom. The highest BCUT2D eigenvalue weighted by Gasteiger charge is 2.53. The fourth-order valence-electron chi connectivity index (χ4n) is 5.00. The average Bonchev–Trinajstić information content (AvgIpc) is 2.99. The lowest BCUT2D eigenvalue weighted by Gasteiger charge is -2.30. The van der Waals surface area contributed by atoms with Crippen LogP contribution in [-0.4, -0.2) is 34.1 Å². The largest absolute Gasteiger partial charge is 0.474 e. The molecule has 3 atom stereocenters. The number of halogens is 2. The van der Waals surface area contributed by atoms with Crippen LogP contribution in [-0.2, 0) is 6.61 Å². The summed E-state index contributed by atoms with van der Waals surface area (Å²) in [6, 6.07) is 12.0. The molecule has 164 valence electrons. The molecule has 2 N–H and O–H groups in total. The van der Waals surface area contributed by atoms with Gasteiger partial charge in [0.05, 0.1) is 6.04 Å². The van der Waals surface area contributed by atoms with Gasteiger partial charge in [0.2, 0.25) is 17.3 Å². The number of piperidine rings is 1. The predicted octanol–water partition coefficient (Wildman–Crippen LogP) is 3.90. The van der Waals surface area contributed by atoms with Crippen molar-refractivity contribution in [2.24, 2.45) is 0 Å². The van der Waals surface area contributed by atoms with Crippen LogP contribution in [0, 0.1) is 0 Å². The van der Waals surface area contributed by atoms with Crippen molar-refractivity contribution in [3.63, 3.8) is 0 Å². The fourth-order valence-corrected chi connectivity index (χ4v) is 5.00. The number of rotatable bonds is 3. The van der Waals surface area contributed by atoms with E-state index in [1.54, 1.807) is 18.3 Å². The number of H-pyrrole nitrogens is 1. The Hall–Kier alpha value is -3.26. The highest BCUT2D eigenvalue weighted by molar-refractivity contribution is 5.77. The van der Waals surface area contributed by atoms with E-state index in [2.05, 4.69) is 15.3 Å². The first kappa shape index (κ1) is 19.4. The van der Waals surface area contributed by atoms with E-state index in [1.807, 2.05) is 30.3 Å². The maximum Gasteiger partial charge on any atom is 0.264 e. The molecule has 2 fully saturated rings. The molecule has 3 aliphatic rings. The lowest BCUT2D eigenvalue weighted by Crippen LogP contribution is -2.46. The molecule has 6 rings (SSSR count). The highest BCUT2D eigenvalue weighted by Crippen LogP contribution is 2.42. The van der Waals surface area contributed by atoms with Crippen LogP contribution in [0.4, 0.5) is 8.78 Å². The number of pyridine rings is 2. The first-order chi connectivity index (χ1) is 15.4. The maximum absolute atomic E-state index is 14.0. The molecular weight excluding hydrogens is 416 g/mol. The van der Waals surface area contributed by atoms with Gasteiger partial charge >= 0.3 is 0 Å². The number of ether oxygens (including phenoxy) is 2. The molecule has 2 saturated heterocycles. The molecule has 8 heteroatoms. The van der Waals surface area contributed by atoms with Crippen molar-refractivity contribution in [1.82, 2.24) is 15.3 Å². The normalized spacial score (nSPS) is 24.9. The number of aromatic amines is 1. The molecule has 2 aromatic heterocycles. The third kappa shape index (κ3) is 3.35. The second kappa shape index (κ2) is 7.13. The van der Waals surface area contributed by atoms with Crippen LogP contribution in [0.2, 0.25) is 0 Å². The lowest BCUT2D eigenvalue weighted by atomic mass is 9.95. The summed E-state index contributed by atoms with van der Waals surface area (Å²) in [5, 5.41) is 2.98. The Labute approximate surface area is 182 Å². The molecule has 0 amide bonds. The van der Waals surface area contributed by atoms with E-state index >= 15 is 0 Å². The summed E-state index contributed by atoms with van der Waals surface area (Å²) in [5.41, 5.74) is 4.50. The molecule has 0 aliphatic carbocycles. The summed E-state index contributed by atoms with van der Waals surface area (Å²) in [6.45, 7) is 0.347. The van der Waals surface area contributed by atoms with Gasteiger partial charge in [0.1, 0.15) is 12.7 Å². The molecule has 5 heterocycles. The van der Waals surface area contributed by atoms with E-state index in [0.29, 0.717) is 24.8 Å². The van der Waals surface area contributed by atoms with Crippen LogP contribution in [0.5, 0.6) is 11.8 Å². The smallest absolute Gasteiger partial charge is 0.264 e. The van der Waals surface area contributed by atoms with Gasteiger partial charge in [-0.2, -0.15) is 4.98 Å². The van der Waals surface area contributed by atoms with Crippen molar-refractivity contribution in [3.05, 3.63) is 64.6 Å². The van der Waals surface area contributed by atoms with Gasteiger partial charge in [-0.3, -0.25) is 4.79 Å². The molecule has 0 saturated carbocycles. The predicted molar refractivity (Wildman–Crippen MR) is 114 cm³/mol. The molecule has 32 heavy (non-hydrogen) atoms. The second-order valence-electron chi connectivity index (χ2n) is 8.70. The number of nitrogens with zero attached hydrogens (tertiary/aromatic N) is 1. The maximum atomic E-state index is 14.0. The molecule has 6 nitrogen and oxygen atoms in total. The Morgan fingerprint density at radius 1 is 1.06 bits per heavy atom. The van der Waals surface area contributed by atoms with E-state index in [1.165, 1.54) is 0 Å². The number of benzene rings is 1. The topological polar surface area (TPSA) is 76.2 Å². The third-order valence-electron chi connectivity index (χ3n) is 6.50. The van der Waals surface area contributed by atoms with Gasteiger partial charge in [-0.05, 0) is 46.9 Å². The van der Waals surface area contributed by atoms with Gasteiger partial charge in [-0.15, -0.1) is 0 Å². The minimum absolute atomic E-state index is 0.131. The minimum Gasteiger partial charge on any atom is -0.474 e. The number of nitrogens with one attached hydrogen (secondary N) is 2. The summed E-state index contributed by atoms with van der Waals surface area (Å²) >= 11 is 0. The van der Waals surface area contributed by atoms with Gasteiger partial charge in [0.25, 0.3) is 5.92 Å². The van der Waals surface area contributed by atoms with Crippen molar-refractivity contribution in [2.75, 3.05) is 0 Å². The summed E-state index contributed by atoms with van der Waals surface area (Å²) in [4.78, 5) is 18.8. The summed E-state index contributed by atoms with van der Waals surface area (Å²) in [6.07, 6.45) is 2.01. The lowest BCUT2D eigenvalue weighted by molar-refractivity contribution is -0.0195. The molecule has 1 aromatic carbocycles. The zero-order chi connectivity index (χ0) is 21.9. The number of aromatic nitrogens is 2. The van der Waals surface area contributed by atoms with E-state index in [9.17, 15) is 13.6 Å². The average molecular weight is 437 g/mol. The zero-order valence-corrected chi connectivity index (χ0v) is 17.1. The van der Waals surface area contributed by atoms with Crippen molar-refractivity contribution >= 4 is 0 Å². The van der Waals surface area contributed by atoms with E-state index in [0.717, 1.165) is 27.8 Å². The second-order valence-corrected chi connectivity index (χ2v) is 8.70. The first-order valence-electron chi connectivity index (χ1n) is 10.7. The quantitative estimate of drug-likeness (QED) is 0.650. The van der Waals surface area contributed by atoms with Gasteiger partial charge in [-0.1, -0.05) is 12.1 Å².